The third-order valence-electron chi connectivity index (χ3n) is 5.44. The number of carbonyl (C=O) groups is 1. The standard InChI is InChI=1S/C24H24N6O3/c1-16-23(30-12-4-2-6-21(30)27-16)17-10-11-25-20(14-17)28-19-9-8-18(15-26-19)24(31)29-33-22-7-3-5-13-32-22/h2,4,6,8-12,14-15,22H,3,5,7,13H2,1H3,(H,29,31)(H,25,26,28). The smallest absolute Gasteiger partial charge is 0.276 e. The third kappa shape index (κ3) is 4.69. The van der Waals surface area contributed by atoms with Crippen molar-refractivity contribution < 1.29 is 14.4 Å². The molecule has 168 valence electrons. The van der Waals surface area contributed by atoms with E-state index < -0.39 is 6.29 Å². The fraction of sp³-hybridized carbons (Fsp3) is 0.250. The largest absolute Gasteiger partial charge is 0.350 e. The molecule has 0 saturated carbocycles. The summed E-state index contributed by atoms with van der Waals surface area (Å²) in [7, 11) is 0. The Morgan fingerprint density at radius 2 is 2.09 bits per heavy atom. The Labute approximate surface area is 190 Å². The summed E-state index contributed by atoms with van der Waals surface area (Å²) < 4.78 is 7.50. The fourth-order valence-electron chi connectivity index (χ4n) is 3.82. The molecular formula is C24H24N6O3. The summed E-state index contributed by atoms with van der Waals surface area (Å²) in [6.07, 6.45) is 7.63. The Morgan fingerprint density at radius 1 is 1.15 bits per heavy atom. The van der Waals surface area contributed by atoms with Gasteiger partial charge in [-0.15, -0.1) is 0 Å². The van der Waals surface area contributed by atoms with Gasteiger partial charge in [0.15, 0.2) is 6.29 Å². The molecule has 5 heterocycles. The zero-order chi connectivity index (χ0) is 22.6. The molecular weight excluding hydrogens is 420 g/mol. The molecule has 1 fully saturated rings. The van der Waals surface area contributed by atoms with Gasteiger partial charge in [-0.2, -0.15) is 0 Å². The van der Waals surface area contributed by atoms with E-state index in [9.17, 15) is 4.79 Å². The van der Waals surface area contributed by atoms with Crippen molar-refractivity contribution in [1.82, 2.24) is 24.8 Å². The second-order valence-electron chi connectivity index (χ2n) is 7.81. The number of carbonyl (C=O) groups excluding carboxylic acids is 1. The fourth-order valence-corrected chi connectivity index (χ4v) is 3.82. The number of ether oxygens (including phenoxy) is 1. The van der Waals surface area contributed by atoms with Crippen LogP contribution in [0.1, 0.15) is 35.3 Å². The van der Waals surface area contributed by atoms with Gasteiger partial charge in [0.2, 0.25) is 0 Å². The molecule has 0 aromatic carbocycles. The summed E-state index contributed by atoms with van der Waals surface area (Å²) >= 11 is 0. The van der Waals surface area contributed by atoms with E-state index in [-0.39, 0.29) is 5.91 Å². The first kappa shape index (κ1) is 21.0. The second kappa shape index (κ2) is 9.35. The highest BCUT2D eigenvalue weighted by Gasteiger charge is 2.16. The van der Waals surface area contributed by atoms with E-state index in [0.717, 1.165) is 41.9 Å². The van der Waals surface area contributed by atoms with Gasteiger partial charge in [0.05, 0.1) is 17.0 Å². The molecule has 4 aromatic rings. The van der Waals surface area contributed by atoms with E-state index in [1.165, 1.54) is 6.20 Å². The van der Waals surface area contributed by atoms with Crippen molar-refractivity contribution in [2.75, 3.05) is 11.9 Å². The molecule has 1 unspecified atom stereocenters. The lowest BCUT2D eigenvalue weighted by atomic mass is 10.1. The molecule has 1 saturated heterocycles. The predicted molar refractivity (Wildman–Crippen MR) is 123 cm³/mol. The molecule has 33 heavy (non-hydrogen) atoms. The number of hydroxylamine groups is 1. The van der Waals surface area contributed by atoms with Crippen molar-refractivity contribution in [2.45, 2.75) is 32.5 Å². The van der Waals surface area contributed by atoms with Crippen molar-refractivity contribution in [2.24, 2.45) is 0 Å². The van der Waals surface area contributed by atoms with Crippen LogP contribution < -0.4 is 10.8 Å². The average molecular weight is 444 g/mol. The number of nitrogens with zero attached hydrogens (tertiary/aromatic N) is 4. The van der Waals surface area contributed by atoms with Crippen LogP contribution in [0.25, 0.3) is 16.9 Å². The van der Waals surface area contributed by atoms with Crippen molar-refractivity contribution in [1.29, 1.82) is 0 Å². The maximum atomic E-state index is 12.3. The van der Waals surface area contributed by atoms with E-state index in [1.807, 2.05) is 43.5 Å². The molecule has 2 N–H and O–H groups in total. The molecule has 9 nitrogen and oxygen atoms in total. The lowest BCUT2D eigenvalue weighted by molar-refractivity contribution is -0.186. The minimum atomic E-state index is -0.397. The third-order valence-corrected chi connectivity index (χ3v) is 5.44. The number of nitrogens with one attached hydrogen (secondary N) is 2. The number of hydrogen-bond acceptors (Lipinski definition) is 7. The topological polar surface area (TPSA) is 103 Å². The first-order valence-corrected chi connectivity index (χ1v) is 10.9. The van der Waals surface area contributed by atoms with E-state index in [2.05, 4.69) is 30.1 Å². The molecule has 1 aliphatic heterocycles. The predicted octanol–water partition coefficient (Wildman–Crippen LogP) is 4.03. The van der Waals surface area contributed by atoms with Crippen LogP contribution in [0.2, 0.25) is 0 Å². The first-order valence-electron chi connectivity index (χ1n) is 10.9. The van der Waals surface area contributed by atoms with Gasteiger partial charge in [0, 0.05) is 37.2 Å². The van der Waals surface area contributed by atoms with Crippen molar-refractivity contribution in [3.63, 3.8) is 0 Å². The monoisotopic (exact) mass is 444 g/mol. The van der Waals surface area contributed by atoms with Crippen LogP contribution in [0.4, 0.5) is 11.6 Å². The molecule has 0 radical (unpaired) electrons. The lowest BCUT2D eigenvalue weighted by Gasteiger charge is -2.22. The van der Waals surface area contributed by atoms with Gasteiger partial charge in [-0.3, -0.25) is 9.20 Å². The Balaban J connectivity index is 1.27. The Bertz CT molecular complexity index is 1260. The summed E-state index contributed by atoms with van der Waals surface area (Å²) in [5, 5.41) is 3.19. The summed E-state index contributed by atoms with van der Waals surface area (Å²) in [5.41, 5.74) is 6.66. The Morgan fingerprint density at radius 3 is 2.91 bits per heavy atom. The van der Waals surface area contributed by atoms with Gasteiger partial charge in [-0.25, -0.2) is 25.3 Å². The molecule has 9 heteroatoms. The van der Waals surface area contributed by atoms with Crippen LogP contribution in [0, 0.1) is 6.92 Å². The number of hydrogen-bond donors (Lipinski definition) is 2. The summed E-state index contributed by atoms with van der Waals surface area (Å²) in [6, 6.07) is 13.2. The maximum absolute atomic E-state index is 12.3. The lowest BCUT2D eigenvalue weighted by Crippen LogP contribution is -2.33. The molecule has 5 rings (SSSR count). The quantitative estimate of drug-likeness (QED) is 0.433. The van der Waals surface area contributed by atoms with Gasteiger partial charge < -0.3 is 10.1 Å². The zero-order valence-corrected chi connectivity index (χ0v) is 18.2. The summed E-state index contributed by atoms with van der Waals surface area (Å²) in [5.74, 6) is 0.842. The molecule has 1 atom stereocenters. The van der Waals surface area contributed by atoms with Crippen LogP contribution in [0.15, 0.2) is 61.1 Å². The van der Waals surface area contributed by atoms with E-state index >= 15 is 0 Å². The number of fused-ring (bicyclic) bond motifs is 1. The number of pyridine rings is 3. The number of amides is 1. The molecule has 0 aliphatic carbocycles. The van der Waals surface area contributed by atoms with Gasteiger partial charge in [-0.05, 0) is 56.2 Å². The summed E-state index contributed by atoms with van der Waals surface area (Å²) in [6.45, 7) is 2.64. The van der Waals surface area contributed by atoms with Crippen molar-refractivity contribution in [3.05, 3.63) is 72.3 Å². The van der Waals surface area contributed by atoms with Crippen molar-refractivity contribution >= 4 is 23.2 Å². The molecule has 4 aromatic heterocycles. The highest BCUT2D eigenvalue weighted by molar-refractivity contribution is 5.93. The maximum Gasteiger partial charge on any atom is 0.276 e. The highest BCUT2D eigenvalue weighted by atomic mass is 16.8. The zero-order valence-electron chi connectivity index (χ0n) is 18.2. The van der Waals surface area contributed by atoms with Gasteiger partial charge in [-0.1, -0.05) is 6.07 Å². The summed E-state index contributed by atoms with van der Waals surface area (Å²) in [4.78, 5) is 31.0. The molecule has 1 amide bonds. The number of aromatic nitrogens is 4. The SMILES string of the molecule is Cc1nc2ccccn2c1-c1ccnc(Nc2ccc(C(=O)NOC3CCCCO3)cn2)c1. The molecule has 1 aliphatic rings. The van der Waals surface area contributed by atoms with Crippen LogP contribution in [0.5, 0.6) is 0 Å². The Kier molecular flexibility index (Phi) is 5.97. The molecule has 0 bridgehead atoms. The Hall–Kier alpha value is -3.82. The van der Waals surface area contributed by atoms with Crippen LogP contribution in [0.3, 0.4) is 0 Å². The molecule has 0 spiro atoms. The van der Waals surface area contributed by atoms with E-state index in [4.69, 9.17) is 9.57 Å². The van der Waals surface area contributed by atoms with Crippen LogP contribution >= 0.6 is 0 Å². The van der Waals surface area contributed by atoms with E-state index in [1.54, 1.807) is 18.3 Å². The first-order chi connectivity index (χ1) is 16.2. The number of rotatable bonds is 6. The van der Waals surface area contributed by atoms with Gasteiger partial charge in [0.1, 0.15) is 17.3 Å². The average Bonchev–Trinajstić information content (AvgIpc) is 3.19. The second-order valence-corrected chi connectivity index (χ2v) is 7.81. The van der Waals surface area contributed by atoms with E-state index in [0.29, 0.717) is 23.8 Å². The van der Waals surface area contributed by atoms with Crippen molar-refractivity contribution in [3.8, 4) is 11.3 Å². The van der Waals surface area contributed by atoms with Gasteiger partial charge in [0.25, 0.3) is 5.91 Å². The van der Waals surface area contributed by atoms with Gasteiger partial charge >= 0.3 is 0 Å². The number of anilines is 2. The minimum Gasteiger partial charge on any atom is -0.350 e. The highest BCUT2D eigenvalue weighted by Crippen LogP contribution is 2.26. The van der Waals surface area contributed by atoms with Crippen LogP contribution in [-0.2, 0) is 9.57 Å². The normalized spacial score (nSPS) is 16.0. The number of imidazole rings is 1. The van der Waals surface area contributed by atoms with Crippen LogP contribution in [-0.4, -0.2) is 38.2 Å². The minimum absolute atomic E-state index is 0.369. The number of aryl methyl sites for hydroxylation is 1.